The summed E-state index contributed by atoms with van der Waals surface area (Å²) in [5.41, 5.74) is 1.18. The number of halogens is 1. The first-order valence-corrected chi connectivity index (χ1v) is 8.24. The molecule has 0 fully saturated rings. The fourth-order valence-electron chi connectivity index (χ4n) is 2.46. The minimum Gasteiger partial charge on any atom is -0.507 e. The molecule has 0 saturated heterocycles. The maximum atomic E-state index is 12.8. The van der Waals surface area contributed by atoms with Crippen LogP contribution in [0.1, 0.15) is 51.3 Å². The van der Waals surface area contributed by atoms with Crippen LogP contribution in [0.4, 0.5) is 0 Å². The first kappa shape index (κ1) is 18.8. The molecule has 0 aliphatic carbocycles. The molecule has 5 nitrogen and oxygen atoms in total. The molecule has 2 rings (SSSR count). The zero-order chi connectivity index (χ0) is 18.7. The number of ether oxygens (including phenoxy) is 1. The molecule has 0 aliphatic heterocycles. The molecule has 0 radical (unpaired) electrons. The van der Waals surface area contributed by atoms with Crippen LogP contribution in [-0.4, -0.2) is 28.6 Å². The van der Waals surface area contributed by atoms with Crippen LogP contribution < -0.4 is 0 Å². The standard InChI is InChI=1S/C19H19ClO5/c1-4-11-7-12(8-14(17(11)22)19(24)25-5-2)18(23)13-9-15(20)10(3)6-16(13)21/h6-9,21-22H,4-5H2,1-3H3. The highest BCUT2D eigenvalue weighted by atomic mass is 35.5. The summed E-state index contributed by atoms with van der Waals surface area (Å²) in [4.78, 5) is 24.8. The summed E-state index contributed by atoms with van der Waals surface area (Å²) >= 11 is 6.05. The highest BCUT2D eigenvalue weighted by Gasteiger charge is 2.22. The van der Waals surface area contributed by atoms with Crippen molar-refractivity contribution in [3.63, 3.8) is 0 Å². The highest BCUT2D eigenvalue weighted by Crippen LogP contribution is 2.31. The van der Waals surface area contributed by atoms with Crippen molar-refractivity contribution in [2.45, 2.75) is 27.2 Å². The van der Waals surface area contributed by atoms with E-state index < -0.39 is 11.8 Å². The maximum Gasteiger partial charge on any atom is 0.341 e. The molecule has 0 unspecified atom stereocenters. The molecule has 25 heavy (non-hydrogen) atoms. The van der Waals surface area contributed by atoms with E-state index in [2.05, 4.69) is 0 Å². The quantitative estimate of drug-likeness (QED) is 0.619. The van der Waals surface area contributed by atoms with Crippen molar-refractivity contribution in [2.24, 2.45) is 0 Å². The molecular formula is C19H19ClO5. The van der Waals surface area contributed by atoms with Crippen LogP contribution in [0.5, 0.6) is 11.5 Å². The molecule has 0 aromatic heterocycles. The summed E-state index contributed by atoms with van der Waals surface area (Å²) in [5, 5.41) is 20.6. The molecule has 0 saturated carbocycles. The van der Waals surface area contributed by atoms with Crippen molar-refractivity contribution >= 4 is 23.4 Å². The molecule has 132 valence electrons. The Kier molecular flexibility index (Phi) is 5.69. The molecule has 0 atom stereocenters. The third-order valence-corrected chi connectivity index (χ3v) is 4.26. The van der Waals surface area contributed by atoms with Gasteiger partial charge in [0, 0.05) is 10.6 Å². The van der Waals surface area contributed by atoms with Gasteiger partial charge in [0.25, 0.3) is 0 Å². The fraction of sp³-hybridized carbons (Fsp3) is 0.263. The minimum atomic E-state index is -0.712. The molecule has 2 aromatic carbocycles. The smallest absolute Gasteiger partial charge is 0.341 e. The number of ketones is 1. The summed E-state index contributed by atoms with van der Waals surface area (Å²) in [5.74, 6) is -1.62. The zero-order valence-electron chi connectivity index (χ0n) is 14.2. The molecule has 0 aliphatic rings. The van der Waals surface area contributed by atoms with E-state index in [1.165, 1.54) is 24.3 Å². The number of carbonyl (C=O) groups is 2. The van der Waals surface area contributed by atoms with Crippen molar-refractivity contribution in [3.8, 4) is 11.5 Å². The van der Waals surface area contributed by atoms with Gasteiger partial charge in [0.2, 0.25) is 0 Å². The molecule has 2 aromatic rings. The molecule has 0 amide bonds. The van der Waals surface area contributed by atoms with Gasteiger partial charge in [-0.2, -0.15) is 0 Å². The van der Waals surface area contributed by atoms with Crippen molar-refractivity contribution in [2.75, 3.05) is 6.61 Å². The lowest BCUT2D eigenvalue weighted by Gasteiger charge is -2.12. The maximum absolute atomic E-state index is 12.8. The number of phenols is 2. The van der Waals surface area contributed by atoms with Gasteiger partial charge in [0.05, 0.1) is 12.2 Å². The van der Waals surface area contributed by atoms with Gasteiger partial charge in [-0.05, 0) is 55.7 Å². The van der Waals surface area contributed by atoms with Gasteiger partial charge < -0.3 is 14.9 Å². The largest absolute Gasteiger partial charge is 0.507 e. The summed E-state index contributed by atoms with van der Waals surface area (Å²) in [6.45, 7) is 5.30. The average Bonchev–Trinajstić information content (AvgIpc) is 2.58. The van der Waals surface area contributed by atoms with Crippen LogP contribution in [0.25, 0.3) is 0 Å². The van der Waals surface area contributed by atoms with E-state index in [-0.39, 0.29) is 34.8 Å². The van der Waals surface area contributed by atoms with E-state index in [4.69, 9.17) is 16.3 Å². The van der Waals surface area contributed by atoms with E-state index >= 15 is 0 Å². The Balaban J connectivity index is 2.59. The van der Waals surface area contributed by atoms with Gasteiger partial charge in [0.15, 0.2) is 5.78 Å². The van der Waals surface area contributed by atoms with Crippen molar-refractivity contribution < 1.29 is 24.5 Å². The Hall–Kier alpha value is -2.53. The van der Waals surface area contributed by atoms with Crippen LogP contribution >= 0.6 is 11.6 Å². The fourth-order valence-corrected chi connectivity index (χ4v) is 2.63. The van der Waals surface area contributed by atoms with Crippen molar-refractivity contribution in [1.29, 1.82) is 0 Å². The first-order valence-electron chi connectivity index (χ1n) is 7.86. The Morgan fingerprint density at radius 3 is 2.36 bits per heavy atom. The molecule has 0 bridgehead atoms. The summed E-state index contributed by atoms with van der Waals surface area (Å²) in [6, 6.07) is 5.55. The number of phenolic OH excluding ortho intramolecular Hbond substituents is 2. The zero-order valence-corrected chi connectivity index (χ0v) is 15.0. The van der Waals surface area contributed by atoms with E-state index in [0.717, 1.165) is 0 Å². The first-order chi connectivity index (χ1) is 11.8. The minimum absolute atomic E-state index is 0.0261. The van der Waals surface area contributed by atoms with E-state index in [9.17, 15) is 19.8 Å². The number of hydrogen-bond donors (Lipinski definition) is 2. The Morgan fingerprint density at radius 1 is 1.08 bits per heavy atom. The normalized spacial score (nSPS) is 10.6. The van der Waals surface area contributed by atoms with Crippen LogP contribution in [0, 0.1) is 6.92 Å². The number of hydrogen-bond acceptors (Lipinski definition) is 5. The second-order valence-electron chi connectivity index (χ2n) is 5.55. The van der Waals surface area contributed by atoms with E-state index in [0.29, 0.717) is 22.6 Å². The van der Waals surface area contributed by atoms with Crippen LogP contribution in [0.2, 0.25) is 5.02 Å². The lowest BCUT2D eigenvalue weighted by molar-refractivity contribution is 0.0523. The molecule has 2 N–H and O–H groups in total. The monoisotopic (exact) mass is 362 g/mol. The van der Waals surface area contributed by atoms with Crippen LogP contribution in [0.15, 0.2) is 24.3 Å². The number of aryl methyl sites for hydroxylation is 2. The Morgan fingerprint density at radius 2 is 1.76 bits per heavy atom. The third-order valence-electron chi connectivity index (χ3n) is 3.85. The van der Waals surface area contributed by atoms with E-state index in [1.54, 1.807) is 20.8 Å². The lowest BCUT2D eigenvalue weighted by Crippen LogP contribution is -2.10. The van der Waals surface area contributed by atoms with Gasteiger partial charge in [-0.15, -0.1) is 0 Å². The third kappa shape index (κ3) is 3.77. The molecule has 0 heterocycles. The number of aromatic hydroxyl groups is 2. The van der Waals surface area contributed by atoms with Crippen LogP contribution in [-0.2, 0) is 11.2 Å². The SMILES string of the molecule is CCOC(=O)c1cc(C(=O)c2cc(Cl)c(C)cc2O)cc(CC)c1O. The second kappa shape index (κ2) is 7.57. The summed E-state index contributed by atoms with van der Waals surface area (Å²) < 4.78 is 4.93. The summed E-state index contributed by atoms with van der Waals surface area (Å²) in [7, 11) is 0. The van der Waals surface area contributed by atoms with Crippen LogP contribution in [0.3, 0.4) is 0 Å². The number of benzene rings is 2. The highest BCUT2D eigenvalue weighted by molar-refractivity contribution is 6.32. The Labute approximate surface area is 150 Å². The average molecular weight is 363 g/mol. The van der Waals surface area contributed by atoms with Gasteiger partial charge >= 0.3 is 5.97 Å². The van der Waals surface area contributed by atoms with Gasteiger partial charge in [-0.1, -0.05) is 18.5 Å². The lowest BCUT2D eigenvalue weighted by atomic mass is 9.95. The topological polar surface area (TPSA) is 83.8 Å². The number of esters is 1. The second-order valence-corrected chi connectivity index (χ2v) is 5.96. The number of carbonyl (C=O) groups excluding carboxylic acids is 2. The van der Waals surface area contributed by atoms with Gasteiger partial charge in [0.1, 0.15) is 17.1 Å². The van der Waals surface area contributed by atoms with Gasteiger partial charge in [-0.3, -0.25) is 4.79 Å². The molecular weight excluding hydrogens is 344 g/mol. The van der Waals surface area contributed by atoms with Crippen molar-refractivity contribution in [3.05, 3.63) is 57.1 Å². The summed E-state index contributed by atoms with van der Waals surface area (Å²) in [6.07, 6.45) is 0.417. The Bertz CT molecular complexity index is 842. The van der Waals surface area contributed by atoms with Crippen molar-refractivity contribution in [1.82, 2.24) is 0 Å². The van der Waals surface area contributed by atoms with E-state index in [1.807, 2.05) is 0 Å². The molecule has 6 heteroatoms. The predicted octanol–water partition coefficient (Wildman–Crippen LogP) is 4.03. The number of rotatable bonds is 5. The predicted molar refractivity (Wildman–Crippen MR) is 94.7 cm³/mol. The van der Waals surface area contributed by atoms with Gasteiger partial charge in [-0.25, -0.2) is 4.79 Å². The molecule has 0 spiro atoms.